The molecule has 0 amide bonds. The van der Waals surface area contributed by atoms with E-state index in [1.165, 1.54) is 0 Å². The SMILES string of the molecule is CCCC1(CC)OC=CO1. The van der Waals surface area contributed by atoms with E-state index >= 15 is 0 Å². The number of hydrogen-bond acceptors (Lipinski definition) is 2. The summed E-state index contributed by atoms with van der Waals surface area (Å²) in [6.45, 7) is 4.20. The third-order valence-electron chi connectivity index (χ3n) is 1.79. The molecule has 0 unspecified atom stereocenters. The molecule has 0 aromatic rings. The standard InChI is InChI=1S/C8H14O2/c1-3-5-8(4-2)9-6-7-10-8/h6-7H,3-5H2,1-2H3. The summed E-state index contributed by atoms with van der Waals surface area (Å²) in [6.07, 6.45) is 6.22. The summed E-state index contributed by atoms with van der Waals surface area (Å²) in [5.74, 6) is -0.325. The first kappa shape index (κ1) is 7.45. The lowest BCUT2D eigenvalue weighted by atomic mass is 10.1. The molecule has 1 aliphatic rings. The molecule has 1 heterocycles. The molecule has 0 bridgehead atoms. The molecule has 0 spiro atoms. The highest BCUT2D eigenvalue weighted by atomic mass is 16.7. The van der Waals surface area contributed by atoms with E-state index in [0.717, 1.165) is 19.3 Å². The molecular formula is C8H14O2. The van der Waals surface area contributed by atoms with Crippen molar-refractivity contribution in [3.05, 3.63) is 12.5 Å². The molecule has 0 radical (unpaired) electrons. The van der Waals surface area contributed by atoms with Crippen molar-refractivity contribution in [1.82, 2.24) is 0 Å². The average molecular weight is 142 g/mol. The smallest absolute Gasteiger partial charge is 0.249 e. The predicted molar refractivity (Wildman–Crippen MR) is 39.2 cm³/mol. The highest BCUT2D eigenvalue weighted by Crippen LogP contribution is 2.28. The van der Waals surface area contributed by atoms with Gasteiger partial charge >= 0.3 is 0 Å². The van der Waals surface area contributed by atoms with E-state index in [2.05, 4.69) is 13.8 Å². The summed E-state index contributed by atoms with van der Waals surface area (Å²) >= 11 is 0. The van der Waals surface area contributed by atoms with Crippen LogP contribution in [-0.4, -0.2) is 5.79 Å². The largest absolute Gasteiger partial charge is 0.457 e. The zero-order chi connectivity index (χ0) is 7.45. The highest BCUT2D eigenvalue weighted by Gasteiger charge is 2.31. The Kier molecular flexibility index (Phi) is 2.20. The Morgan fingerprint density at radius 1 is 1.20 bits per heavy atom. The van der Waals surface area contributed by atoms with Gasteiger partial charge in [0.25, 0.3) is 0 Å². The zero-order valence-electron chi connectivity index (χ0n) is 6.59. The molecule has 1 aliphatic heterocycles. The number of ether oxygens (including phenoxy) is 2. The van der Waals surface area contributed by atoms with Crippen LogP contribution in [0.4, 0.5) is 0 Å². The third kappa shape index (κ3) is 1.25. The van der Waals surface area contributed by atoms with Crippen molar-refractivity contribution in [1.29, 1.82) is 0 Å². The Morgan fingerprint density at radius 2 is 1.80 bits per heavy atom. The van der Waals surface area contributed by atoms with Crippen LogP contribution in [0.5, 0.6) is 0 Å². The van der Waals surface area contributed by atoms with Gasteiger partial charge in [-0.1, -0.05) is 13.8 Å². The van der Waals surface area contributed by atoms with Crippen molar-refractivity contribution >= 4 is 0 Å². The van der Waals surface area contributed by atoms with Gasteiger partial charge in [0, 0.05) is 12.8 Å². The Bertz CT molecular complexity index is 121. The molecule has 0 aromatic carbocycles. The van der Waals surface area contributed by atoms with Crippen LogP contribution in [-0.2, 0) is 9.47 Å². The molecule has 0 aromatic heterocycles. The van der Waals surface area contributed by atoms with Gasteiger partial charge in [-0.3, -0.25) is 0 Å². The first-order valence-corrected chi connectivity index (χ1v) is 3.83. The predicted octanol–water partition coefficient (Wildman–Crippen LogP) is 2.41. The minimum absolute atomic E-state index is 0.325. The lowest BCUT2D eigenvalue weighted by Crippen LogP contribution is -2.28. The van der Waals surface area contributed by atoms with Crippen molar-refractivity contribution in [2.24, 2.45) is 0 Å². The van der Waals surface area contributed by atoms with Gasteiger partial charge in [-0.25, -0.2) is 0 Å². The van der Waals surface area contributed by atoms with Crippen molar-refractivity contribution in [2.75, 3.05) is 0 Å². The van der Waals surface area contributed by atoms with Gasteiger partial charge in [0.15, 0.2) is 0 Å². The van der Waals surface area contributed by atoms with Crippen LogP contribution in [0.25, 0.3) is 0 Å². The van der Waals surface area contributed by atoms with E-state index in [4.69, 9.17) is 9.47 Å². The van der Waals surface area contributed by atoms with Crippen LogP contribution < -0.4 is 0 Å². The van der Waals surface area contributed by atoms with E-state index < -0.39 is 0 Å². The maximum atomic E-state index is 5.33. The fourth-order valence-corrected chi connectivity index (χ4v) is 1.17. The second-order valence-electron chi connectivity index (χ2n) is 2.52. The van der Waals surface area contributed by atoms with Gasteiger partial charge in [0.2, 0.25) is 5.79 Å². The monoisotopic (exact) mass is 142 g/mol. The zero-order valence-corrected chi connectivity index (χ0v) is 6.59. The highest BCUT2D eigenvalue weighted by molar-refractivity contribution is 4.82. The van der Waals surface area contributed by atoms with E-state index in [-0.39, 0.29) is 5.79 Å². The molecular weight excluding hydrogens is 128 g/mol. The van der Waals surface area contributed by atoms with Gasteiger partial charge in [-0.05, 0) is 6.42 Å². The van der Waals surface area contributed by atoms with Crippen LogP contribution >= 0.6 is 0 Å². The van der Waals surface area contributed by atoms with Crippen molar-refractivity contribution in [3.63, 3.8) is 0 Å². The number of rotatable bonds is 3. The molecule has 1 rings (SSSR count). The molecule has 0 aliphatic carbocycles. The maximum absolute atomic E-state index is 5.33. The molecule has 2 nitrogen and oxygen atoms in total. The lowest BCUT2D eigenvalue weighted by Gasteiger charge is -2.25. The molecule has 0 atom stereocenters. The number of hydrogen-bond donors (Lipinski definition) is 0. The molecule has 58 valence electrons. The Hall–Kier alpha value is -0.660. The second kappa shape index (κ2) is 2.95. The van der Waals surface area contributed by atoms with Gasteiger partial charge in [-0.15, -0.1) is 0 Å². The van der Waals surface area contributed by atoms with Crippen molar-refractivity contribution in [3.8, 4) is 0 Å². The van der Waals surface area contributed by atoms with Crippen LogP contribution in [0.2, 0.25) is 0 Å². The molecule has 0 N–H and O–H groups in total. The van der Waals surface area contributed by atoms with E-state index in [0.29, 0.717) is 0 Å². The third-order valence-corrected chi connectivity index (χ3v) is 1.79. The summed E-state index contributed by atoms with van der Waals surface area (Å²) < 4.78 is 10.7. The van der Waals surface area contributed by atoms with Crippen molar-refractivity contribution in [2.45, 2.75) is 38.9 Å². The normalized spacial score (nSPS) is 20.2. The van der Waals surface area contributed by atoms with E-state index in [1.807, 2.05) is 0 Å². The maximum Gasteiger partial charge on any atom is 0.249 e. The molecule has 2 heteroatoms. The summed E-state index contributed by atoms with van der Waals surface area (Å²) in [6, 6.07) is 0. The summed E-state index contributed by atoms with van der Waals surface area (Å²) in [4.78, 5) is 0. The molecule has 0 saturated carbocycles. The van der Waals surface area contributed by atoms with Crippen LogP contribution in [0.1, 0.15) is 33.1 Å². The summed E-state index contributed by atoms with van der Waals surface area (Å²) in [7, 11) is 0. The Balaban J connectivity index is 2.44. The van der Waals surface area contributed by atoms with Gasteiger partial charge in [0.05, 0.1) is 0 Å². The van der Waals surface area contributed by atoms with Crippen LogP contribution in [0.3, 0.4) is 0 Å². The first-order valence-electron chi connectivity index (χ1n) is 3.83. The molecule has 10 heavy (non-hydrogen) atoms. The van der Waals surface area contributed by atoms with Crippen LogP contribution in [0, 0.1) is 0 Å². The summed E-state index contributed by atoms with van der Waals surface area (Å²) in [5.41, 5.74) is 0. The first-order chi connectivity index (χ1) is 4.83. The summed E-state index contributed by atoms with van der Waals surface area (Å²) in [5, 5.41) is 0. The molecule has 0 fully saturated rings. The van der Waals surface area contributed by atoms with Gasteiger partial charge in [-0.2, -0.15) is 0 Å². The van der Waals surface area contributed by atoms with Gasteiger partial charge < -0.3 is 9.47 Å². The average Bonchev–Trinajstić information content (AvgIpc) is 2.39. The Labute approximate surface area is 61.8 Å². The second-order valence-corrected chi connectivity index (χ2v) is 2.52. The fourth-order valence-electron chi connectivity index (χ4n) is 1.17. The van der Waals surface area contributed by atoms with Crippen molar-refractivity contribution < 1.29 is 9.47 Å². The quantitative estimate of drug-likeness (QED) is 0.602. The minimum atomic E-state index is -0.325. The fraction of sp³-hybridized carbons (Fsp3) is 0.750. The van der Waals surface area contributed by atoms with E-state index in [9.17, 15) is 0 Å². The lowest BCUT2D eigenvalue weighted by molar-refractivity contribution is -0.148. The topological polar surface area (TPSA) is 18.5 Å². The minimum Gasteiger partial charge on any atom is -0.457 e. The van der Waals surface area contributed by atoms with Gasteiger partial charge in [0.1, 0.15) is 12.5 Å². The molecule has 0 saturated heterocycles. The van der Waals surface area contributed by atoms with Crippen LogP contribution in [0.15, 0.2) is 12.5 Å². The Morgan fingerprint density at radius 3 is 2.20 bits per heavy atom. The van der Waals surface area contributed by atoms with E-state index in [1.54, 1.807) is 12.5 Å².